The van der Waals surface area contributed by atoms with Gasteiger partial charge in [0.05, 0.1) is 5.52 Å². The van der Waals surface area contributed by atoms with Crippen molar-refractivity contribution in [3.8, 4) is 0 Å². The van der Waals surface area contributed by atoms with Gasteiger partial charge in [-0.05, 0) is 25.5 Å². The second-order valence-electron chi connectivity index (χ2n) is 4.69. The molecule has 1 aromatic heterocycles. The van der Waals surface area contributed by atoms with Gasteiger partial charge in [0.25, 0.3) is 0 Å². The van der Waals surface area contributed by atoms with Crippen molar-refractivity contribution in [2.24, 2.45) is 0 Å². The zero-order valence-electron chi connectivity index (χ0n) is 12.0. The van der Waals surface area contributed by atoms with Crippen LogP contribution in [0.4, 0.5) is 11.8 Å². The van der Waals surface area contributed by atoms with Crippen LogP contribution in [0.5, 0.6) is 0 Å². The van der Waals surface area contributed by atoms with Crippen LogP contribution in [-0.2, 0) is 0 Å². The van der Waals surface area contributed by atoms with Gasteiger partial charge >= 0.3 is 0 Å². The molecule has 0 fully saturated rings. The van der Waals surface area contributed by atoms with Gasteiger partial charge in [0.15, 0.2) is 0 Å². The van der Waals surface area contributed by atoms with Crippen LogP contribution in [0, 0.1) is 0 Å². The van der Waals surface area contributed by atoms with Crippen molar-refractivity contribution in [1.82, 2.24) is 9.97 Å². The van der Waals surface area contributed by atoms with Gasteiger partial charge in [0.1, 0.15) is 5.82 Å². The van der Waals surface area contributed by atoms with E-state index in [-0.39, 0.29) is 0 Å². The average molecular weight is 258 g/mol. The molecule has 1 aromatic carbocycles. The highest BCUT2D eigenvalue weighted by Gasteiger charge is 2.10. The molecule has 1 N–H and O–H groups in total. The summed E-state index contributed by atoms with van der Waals surface area (Å²) in [5, 5.41) is 4.32. The number of unbranched alkanes of at least 4 members (excludes halogenated alkanes) is 1. The summed E-state index contributed by atoms with van der Waals surface area (Å²) in [6.07, 6.45) is 2.36. The maximum Gasteiger partial charge on any atom is 0.225 e. The lowest BCUT2D eigenvalue weighted by atomic mass is 10.2. The van der Waals surface area contributed by atoms with Gasteiger partial charge in [-0.3, -0.25) is 0 Å². The van der Waals surface area contributed by atoms with Crippen LogP contribution in [0.2, 0.25) is 0 Å². The summed E-state index contributed by atoms with van der Waals surface area (Å²) < 4.78 is 0. The van der Waals surface area contributed by atoms with Gasteiger partial charge in [-0.2, -0.15) is 4.98 Å². The smallest absolute Gasteiger partial charge is 0.225 e. The zero-order chi connectivity index (χ0) is 13.7. The van der Waals surface area contributed by atoms with E-state index in [9.17, 15) is 0 Å². The number of rotatable bonds is 6. The molecule has 4 heteroatoms. The third-order valence-electron chi connectivity index (χ3n) is 3.13. The Hall–Kier alpha value is -1.84. The third-order valence-corrected chi connectivity index (χ3v) is 3.13. The summed E-state index contributed by atoms with van der Waals surface area (Å²) in [6, 6.07) is 8.18. The van der Waals surface area contributed by atoms with Gasteiger partial charge in [-0.15, -0.1) is 0 Å². The highest BCUT2D eigenvalue weighted by atomic mass is 15.2. The Bertz CT molecular complexity index is 539. The minimum absolute atomic E-state index is 0.708. The second-order valence-corrected chi connectivity index (χ2v) is 4.69. The van der Waals surface area contributed by atoms with Crippen molar-refractivity contribution in [3.05, 3.63) is 24.3 Å². The van der Waals surface area contributed by atoms with Crippen LogP contribution in [0.1, 0.15) is 26.7 Å². The molecule has 0 spiro atoms. The van der Waals surface area contributed by atoms with E-state index in [1.807, 2.05) is 18.2 Å². The molecule has 0 aliphatic rings. The van der Waals surface area contributed by atoms with Crippen LogP contribution in [0.15, 0.2) is 24.3 Å². The zero-order valence-corrected chi connectivity index (χ0v) is 12.0. The van der Waals surface area contributed by atoms with Gasteiger partial charge in [-0.1, -0.05) is 25.5 Å². The molecule has 2 rings (SSSR count). The molecule has 2 aromatic rings. The van der Waals surface area contributed by atoms with E-state index in [2.05, 4.69) is 47.1 Å². The predicted octanol–water partition coefficient (Wildman–Crippen LogP) is 3.30. The van der Waals surface area contributed by atoms with E-state index < -0.39 is 0 Å². The lowest BCUT2D eigenvalue weighted by Crippen LogP contribution is -2.20. The first-order chi connectivity index (χ1) is 9.26. The fourth-order valence-electron chi connectivity index (χ4n) is 2.09. The lowest BCUT2D eigenvalue weighted by Gasteiger charge is -2.20. The Labute approximate surface area is 114 Å². The van der Waals surface area contributed by atoms with Crippen molar-refractivity contribution in [3.63, 3.8) is 0 Å². The number of para-hydroxylation sites is 1. The fourth-order valence-corrected chi connectivity index (χ4v) is 2.09. The lowest BCUT2D eigenvalue weighted by molar-refractivity contribution is 0.761. The summed E-state index contributed by atoms with van der Waals surface area (Å²) in [5.74, 6) is 1.72. The molecular formula is C15H22N4. The first-order valence-electron chi connectivity index (χ1n) is 6.98. The molecule has 0 saturated carbocycles. The summed E-state index contributed by atoms with van der Waals surface area (Å²) >= 11 is 0. The molecule has 102 valence electrons. The second kappa shape index (κ2) is 6.36. The molecule has 0 saturated heterocycles. The summed E-state index contributed by atoms with van der Waals surface area (Å²) in [5.41, 5.74) is 0.992. The number of benzene rings is 1. The number of aromatic nitrogens is 2. The molecule has 0 atom stereocenters. The van der Waals surface area contributed by atoms with E-state index in [0.29, 0.717) is 5.95 Å². The number of hydrogen-bond donors (Lipinski definition) is 1. The molecule has 0 unspecified atom stereocenters. The van der Waals surface area contributed by atoms with Gasteiger partial charge < -0.3 is 10.2 Å². The maximum atomic E-state index is 4.65. The normalized spacial score (nSPS) is 10.7. The highest BCUT2D eigenvalue weighted by Crippen LogP contribution is 2.24. The minimum atomic E-state index is 0.708. The van der Waals surface area contributed by atoms with Gasteiger partial charge in [-0.25, -0.2) is 4.98 Å². The largest absolute Gasteiger partial charge is 0.359 e. The molecule has 1 heterocycles. The first kappa shape index (κ1) is 13.6. The number of hydrogen-bond acceptors (Lipinski definition) is 4. The van der Waals surface area contributed by atoms with E-state index in [1.165, 1.54) is 12.8 Å². The Morgan fingerprint density at radius 2 is 1.95 bits per heavy atom. The first-order valence-corrected chi connectivity index (χ1v) is 6.98. The Balaban J connectivity index is 2.43. The Morgan fingerprint density at radius 3 is 2.68 bits per heavy atom. The molecule has 19 heavy (non-hydrogen) atoms. The molecule has 0 bridgehead atoms. The van der Waals surface area contributed by atoms with Gasteiger partial charge in [0.2, 0.25) is 5.95 Å². The van der Waals surface area contributed by atoms with Gasteiger partial charge in [0, 0.05) is 25.5 Å². The van der Waals surface area contributed by atoms with Crippen LogP contribution < -0.4 is 10.2 Å². The average Bonchev–Trinajstić information content (AvgIpc) is 2.44. The van der Waals surface area contributed by atoms with Crippen LogP contribution >= 0.6 is 0 Å². The van der Waals surface area contributed by atoms with Crippen molar-refractivity contribution >= 4 is 22.7 Å². The SMILES string of the molecule is CCCCN(C)c1nc(NCC)nc2ccccc12. The molecule has 0 aliphatic heterocycles. The van der Waals surface area contributed by atoms with Crippen molar-refractivity contribution in [2.45, 2.75) is 26.7 Å². The molecule has 0 amide bonds. The van der Waals surface area contributed by atoms with E-state index >= 15 is 0 Å². The van der Waals surface area contributed by atoms with Crippen LogP contribution in [-0.4, -0.2) is 30.1 Å². The Morgan fingerprint density at radius 1 is 1.16 bits per heavy atom. The molecule has 0 radical (unpaired) electrons. The minimum Gasteiger partial charge on any atom is -0.359 e. The monoisotopic (exact) mass is 258 g/mol. The summed E-state index contributed by atoms with van der Waals surface area (Å²) in [4.78, 5) is 11.4. The van der Waals surface area contributed by atoms with Crippen LogP contribution in [0.3, 0.4) is 0 Å². The van der Waals surface area contributed by atoms with Crippen molar-refractivity contribution in [1.29, 1.82) is 0 Å². The van der Waals surface area contributed by atoms with Crippen LogP contribution in [0.25, 0.3) is 10.9 Å². The van der Waals surface area contributed by atoms with E-state index in [4.69, 9.17) is 0 Å². The standard InChI is InChI=1S/C15H22N4/c1-4-6-11-19(3)14-12-9-7-8-10-13(12)17-15(18-14)16-5-2/h7-10H,4-6,11H2,1-3H3,(H,16,17,18). The topological polar surface area (TPSA) is 41.1 Å². The third kappa shape index (κ3) is 3.13. The maximum absolute atomic E-state index is 4.65. The number of anilines is 2. The quantitative estimate of drug-likeness (QED) is 0.863. The number of nitrogens with one attached hydrogen (secondary N) is 1. The molecule has 0 aliphatic carbocycles. The molecular weight excluding hydrogens is 236 g/mol. The number of fused-ring (bicyclic) bond motifs is 1. The molecule has 4 nitrogen and oxygen atoms in total. The Kier molecular flexibility index (Phi) is 4.55. The van der Waals surface area contributed by atoms with E-state index in [1.54, 1.807) is 0 Å². The fraction of sp³-hybridized carbons (Fsp3) is 0.467. The number of nitrogens with zero attached hydrogens (tertiary/aromatic N) is 3. The van der Waals surface area contributed by atoms with Crippen molar-refractivity contribution < 1.29 is 0 Å². The van der Waals surface area contributed by atoms with E-state index in [0.717, 1.165) is 29.8 Å². The van der Waals surface area contributed by atoms with Crippen molar-refractivity contribution in [2.75, 3.05) is 30.4 Å². The highest BCUT2D eigenvalue weighted by molar-refractivity contribution is 5.90. The summed E-state index contributed by atoms with van der Waals surface area (Å²) in [6.45, 7) is 6.11. The summed E-state index contributed by atoms with van der Waals surface area (Å²) in [7, 11) is 2.10. The predicted molar refractivity (Wildman–Crippen MR) is 81.9 cm³/mol.